The largest absolute Gasteiger partial charge is 0.492 e. The Morgan fingerprint density at radius 3 is 2.53 bits per heavy atom. The zero-order valence-corrected chi connectivity index (χ0v) is 20.9. The van der Waals surface area contributed by atoms with E-state index in [0.717, 1.165) is 40.9 Å². The number of amides is 1. The molecule has 8 nitrogen and oxygen atoms in total. The number of carboxylic acids is 1. The van der Waals surface area contributed by atoms with Gasteiger partial charge in [-0.3, -0.25) is 14.6 Å². The fraction of sp³-hybridized carbons (Fsp3) is 0.200. The van der Waals surface area contributed by atoms with E-state index >= 15 is 0 Å². The molecule has 0 saturated heterocycles. The summed E-state index contributed by atoms with van der Waals surface area (Å²) in [6.45, 7) is 0.679. The average molecular weight is 512 g/mol. The van der Waals surface area contributed by atoms with Crippen LogP contribution in [0, 0.1) is 0 Å². The van der Waals surface area contributed by atoms with Gasteiger partial charge < -0.3 is 19.6 Å². The lowest BCUT2D eigenvalue weighted by atomic mass is 9.96. The third-order valence-electron chi connectivity index (χ3n) is 5.74. The average Bonchev–Trinajstić information content (AvgIpc) is 3.45. The third-order valence-corrected chi connectivity index (χ3v) is 5.74. The Morgan fingerprint density at radius 1 is 0.974 bits per heavy atom. The van der Waals surface area contributed by atoms with Crippen LogP contribution in [-0.2, 0) is 4.79 Å². The van der Waals surface area contributed by atoms with Crippen LogP contribution in [0.15, 0.2) is 95.9 Å². The molecular formula is C30H29N3O5. The summed E-state index contributed by atoms with van der Waals surface area (Å²) in [4.78, 5) is 31.8. The molecule has 0 aliphatic heterocycles. The van der Waals surface area contributed by atoms with Crippen LogP contribution < -0.4 is 10.1 Å². The number of para-hydroxylation sites is 1. The normalized spacial score (nSPS) is 11.2. The predicted molar refractivity (Wildman–Crippen MR) is 144 cm³/mol. The highest BCUT2D eigenvalue weighted by molar-refractivity contribution is 5.92. The van der Waals surface area contributed by atoms with Crippen molar-refractivity contribution in [2.75, 3.05) is 13.2 Å². The number of oxazole rings is 1. The summed E-state index contributed by atoms with van der Waals surface area (Å²) < 4.78 is 11.2. The number of aliphatic carboxylic acids is 1. The second kappa shape index (κ2) is 13.5. The van der Waals surface area contributed by atoms with Crippen molar-refractivity contribution in [3.63, 3.8) is 0 Å². The minimum Gasteiger partial charge on any atom is -0.492 e. The molecule has 0 aliphatic carbocycles. The zero-order chi connectivity index (χ0) is 26.6. The Kier molecular flexibility index (Phi) is 9.39. The van der Waals surface area contributed by atoms with Crippen molar-refractivity contribution < 1.29 is 23.8 Å². The molecule has 0 aliphatic rings. The Labute approximate surface area is 221 Å². The van der Waals surface area contributed by atoms with E-state index in [2.05, 4.69) is 21.4 Å². The van der Waals surface area contributed by atoms with Crippen LogP contribution in [-0.4, -0.2) is 40.1 Å². The first kappa shape index (κ1) is 26.3. The number of hydrogen-bond acceptors (Lipinski definition) is 6. The number of carboxylic acid groups (broad SMARTS) is 1. The van der Waals surface area contributed by atoms with Gasteiger partial charge in [-0.2, -0.15) is 0 Å². The lowest BCUT2D eigenvalue weighted by Gasteiger charge is -2.09. The first-order valence-corrected chi connectivity index (χ1v) is 12.4. The summed E-state index contributed by atoms with van der Waals surface area (Å²) in [6, 6.07) is 21.0. The first-order chi connectivity index (χ1) is 18.6. The fourth-order valence-corrected chi connectivity index (χ4v) is 3.84. The van der Waals surface area contributed by atoms with Gasteiger partial charge in [-0.1, -0.05) is 42.5 Å². The number of nitrogens with one attached hydrogen (secondary N) is 1. The maximum absolute atomic E-state index is 12.5. The molecule has 194 valence electrons. The van der Waals surface area contributed by atoms with E-state index in [1.165, 1.54) is 6.26 Å². The molecule has 8 heteroatoms. The first-order valence-electron chi connectivity index (χ1n) is 12.4. The highest BCUT2D eigenvalue weighted by atomic mass is 16.5. The van der Waals surface area contributed by atoms with Gasteiger partial charge in [0.2, 0.25) is 5.89 Å². The number of pyridine rings is 1. The van der Waals surface area contributed by atoms with Gasteiger partial charge in [0.05, 0.1) is 6.54 Å². The van der Waals surface area contributed by atoms with E-state index in [1.54, 1.807) is 12.4 Å². The van der Waals surface area contributed by atoms with E-state index in [0.29, 0.717) is 25.5 Å². The Morgan fingerprint density at radius 2 is 1.79 bits per heavy atom. The topological polar surface area (TPSA) is 115 Å². The van der Waals surface area contributed by atoms with Crippen molar-refractivity contribution in [1.82, 2.24) is 15.3 Å². The third kappa shape index (κ3) is 7.64. The lowest BCUT2D eigenvalue weighted by Crippen LogP contribution is -2.28. The summed E-state index contributed by atoms with van der Waals surface area (Å²) in [5, 5.41) is 11.6. The van der Waals surface area contributed by atoms with E-state index < -0.39 is 5.97 Å². The number of ether oxygens (including phenoxy) is 1. The molecule has 2 aromatic heterocycles. The molecule has 38 heavy (non-hydrogen) atoms. The van der Waals surface area contributed by atoms with Crippen molar-refractivity contribution in [3.05, 3.63) is 108 Å². The number of carbonyl (C=O) groups is 2. The summed E-state index contributed by atoms with van der Waals surface area (Å²) in [6.07, 6.45) is 9.33. The van der Waals surface area contributed by atoms with Crippen LogP contribution in [0.5, 0.6) is 5.75 Å². The molecule has 2 N–H and O–H groups in total. The van der Waals surface area contributed by atoms with Gasteiger partial charge >= 0.3 is 5.97 Å². The van der Waals surface area contributed by atoms with Crippen LogP contribution in [0.4, 0.5) is 0 Å². The molecule has 0 unspecified atom stereocenters. The standard InChI is InChI=1S/C30H29N3O5/c34-28(35)12-6-2-5-11-26(24-8-7-17-31-20-24)22-13-15-23(16-14-22)30-33-27(21-38-30)29(36)32-18-19-37-25-9-3-1-4-10-25/h1,3-4,7-11,13-17,20-21H,2,5-6,12,18-19H2,(H,32,36)(H,34,35)/b26-11+. The van der Waals surface area contributed by atoms with Gasteiger partial charge in [-0.25, -0.2) is 4.98 Å². The minimum atomic E-state index is -0.777. The van der Waals surface area contributed by atoms with Crippen LogP contribution in [0.3, 0.4) is 0 Å². The second-order valence-corrected chi connectivity index (χ2v) is 8.53. The van der Waals surface area contributed by atoms with Crippen LogP contribution in [0.1, 0.15) is 47.3 Å². The highest BCUT2D eigenvalue weighted by Crippen LogP contribution is 2.27. The molecule has 0 fully saturated rings. The number of hydrogen-bond donors (Lipinski definition) is 2. The van der Waals surface area contributed by atoms with Gasteiger partial charge in [0, 0.05) is 29.9 Å². The van der Waals surface area contributed by atoms with Crippen molar-refractivity contribution in [2.24, 2.45) is 0 Å². The van der Waals surface area contributed by atoms with Crippen LogP contribution in [0.25, 0.3) is 17.0 Å². The Balaban J connectivity index is 1.37. The number of unbranched alkanes of at least 4 members (excludes halogenated alkanes) is 2. The summed E-state index contributed by atoms with van der Waals surface area (Å²) in [5.74, 6) is -0.0178. The summed E-state index contributed by atoms with van der Waals surface area (Å²) in [7, 11) is 0. The van der Waals surface area contributed by atoms with Gasteiger partial charge in [0.25, 0.3) is 5.91 Å². The van der Waals surface area contributed by atoms with E-state index in [9.17, 15) is 9.59 Å². The number of allylic oxidation sites excluding steroid dienone is 1. The van der Waals surface area contributed by atoms with Crippen molar-refractivity contribution in [2.45, 2.75) is 25.7 Å². The maximum Gasteiger partial charge on any atom is 0.303 e. The van der Waals surface area contributed by atoms with E-state index in [1.807, 2.05) is 66.7 Å². The highest BCUT2D eigenvalue weighted by Gasteiger charge is 2.14. The maximum atomic E-state index is 12.5. The number of aromatic nitrogens is 2. The molecule has 4 rings (SSSR count). The summed E-state index contributed by atoms with van der Waals surface area (Å²) in [5.41, 5.74) is 3.92. The monoisotopic (exact) mass is 511 g/mol. The molecule has 0 atom stereocenters. The lowest BCUT2D eigenvalue weighted by molar-refractivity contribution is -0.137. The number of rotatable bonds is 13. The predicted octanol–water partition coefficient (Wildman–Crippen LogP) is 5.62. The van der Waals surface area contributed by atoms with Gasteiger partial charge in [0.1, 0.15) is 18.6 Å². The molecule has 4 aromatic rings. The van der Waals surface area contributed by atoms with E-state index in [4.69, 9.17) is 14.3 Å². The molecule has 2 heterocycles. The van der Waals surface area contributed by atoms with Gasteiger partial charge in [0.15, 0.2) is 5.69 Å². The minimum absolute atomic E-state index is 0.169. The van der Waals surface area contributed by atoms with Gasteiger partial charge in [-0.05, 0) is 60.7 Å². The van der Waals surface area contributed by atoms with Crippen molar-refractivity contribution in [3.8, 4) is 17.2 Å². The Bertz CT molecular complexity index is 1350. The second-order valence-electron chi connectivity index (χ2n) is 8.53. The molecule has 0 saturated carbocycles. The van der Waals surface area contributed by atoms with Crippen LogP contribution in [0.2, 0.25) is 0 Å². The van der Waals surface area contributed by atoms with E-state index in [-0.39, 0.29) is 18.0 Å². The summed E-state index contributed by atoms with van der Waals surface area (Å²) >= 11 is 0. The number of benzene rings is 2. The molecular weight excluding hydrogens is 482 g/mol. The molecule has 0 bridgehead atoms. The SMILES string of the molecule is O=C(O)CCCC/C=C(\c1ccc(-c2nc(C(=O)NCCOc3ccccc3)co2)cc1)c1cccnc1. The van der Waals surface area contributed by atoms with Crippen molar-refractivity contribution >= 4 is 17.4 Å². The van der Waals surface area contributed by atoms with Crippen molar-refractivity contribution in [1.29, 1.82) is 0 Å². The molecule has 0 radical (unpaired) electrons. The molecule has 2 aromatic carbocycles. The fourth-order valence-electron chi connectivity index (χ4n) is 3.84. The zero-order valence-electron chi connectivity index (χ0n) is 20.9. The number of carbonyl (C=O) groups excluding carboxylic acids is 1. The molecule has 1 amide bonds. The number of nitrogens with zero attached hydrogens (tertiary/aromatic N) is 2. The van der Waals surface area contributed by atoms with Crippen LogP contribution >= 0.6 is 0 Å². The van der Waals surface area contributed by atoms with Gasteiger partial charge in [-0.15, -0.1) is 0 Å². The quantitative estimate of drug-likeness (QED) is 0.224. The smallest absolute Gasteiger partial charge is 0.303 e. The Hall–Kier alpha value is -4.72. The molecule has 0 spiro atoms.